The number of nitrogens with zero attached hydrogens (tertiary/aromatic N) is 2. The molecule has 1 heterocycles. The molecule has 0 aliphatic rings. The average Bonchev–Trinajstić information content (AvgIpc) is 2.64. The molecular formula is C14H18BrFN4. The number of rotatable bonds is 4. The van der Waals surface area contributed by atoms with Crippen LogP contribution in [0.4, 0.5) is 21.6 Å². The number of nitrogen functional groups attached to an aromatic ring is 1. The highest BCUT2D eigenvalue weighted by Crippen LogP contribution is 2.30. The quantitative estimate of drug-likeness (QED) is 0.879. The number of hydrogen-bond acceptors (Lipinski definition) is 3. The summed E-state index contributed by atoms with van der Waals surface area (Å²) in [7, 11) is 0. The van der Waals surface area contributed by atoms with Gasteiger partial charge in [-0.15, -0.1) is 0 Å². The third-order valence-corrected chi connectivity index (χ3v) is 3.74. The van der Waals surface area contributed by atoms with Crippen molar-refractivity contribution >= 4 is 33.1 Å². The van der Waals surface area contributed by atoms with Crippen molar-refractivity contribution in [1.29, 1.82) is 0 Å². The summed E-state index contributed by atoms with van der Waals surface area (Å²) in [5.74, 6) is 0.407. The molecule has 0 atom stereocenters. The molecule has 3 N–H and O–H groups in total. The number of nitrogens with two attached hydrogens (primary N) is 1. The normalized spacial score (nSPS) is 10.8. The van der Waals surface area contributed by atoms with Crippen molar-refractivity contribution in [2.24, 2.45) is 0 Å². The number of aromatic nitrogens is 2. The molecule has 0 saturated heterocycles. The van der Waals surface area contributed by atoms with E-state index in [4.69, 9.17) is 5.73 Å². The molecular weight excluding hydrogens is 323 g/mol. The van der Waals surface area contributed by atoms with E-state index in [1.807, 2.05) is 18.5 Å². The Morgan fingerprint density at radius 3 is 2.75 bits per heavy atom. The lowest BCUT2D eigenvalue weighted by Gasteiger charge is -2.13. The molecule has 0 aliphatic carbocycles. The monoisotopic (exact) mass is 340 g/mol. The summed E-state index contributed by atoms with van der Waals surface area (Å²) in [4.78, 5) is 0. The van der Waals surface area contributed by atoms with Crippen LogP contribution in [0.15, 0.2) is 16.6 Å². The lowest BCUT2D eigenvalue weighted by Crippen LogP contribution is -2.06. The van der Waals surface area contributed by atoms with Gasteiger partial charge in [-0.2, -0.15) is 5.10 Å². The first kappa shape index (κ1) is 14.8. The molecule has 1 aromatic heterocycles. The van der Waals surface area contributed by atoms with E-state index < -0.39 is 0 Å². The predicted molar refractivity (Wildman–Crippen MR) is 83.8 cm³/mol. The van der Waals surface area contributed by atoms with Crippen LogP contribution in [0.2, 0.25) is 0 Å². The highest BCUT2D eigenvalue weighted by molar-refractivity contribution is 9.10. The van der Waals surface area contributed by atoms with Crippen molar-refractivity contribution in [2.75, 3.05) is 11.1 Å². The van der Waals surface area contributed by atoms with Crippen LogP contribution in [0.25, 0.3) is 0 Å². The molecule has 0 unspecified atom stereocenters. The summed E-state index contributed by atoms with van der Waals surface area (Å²) in [5.41, 5.74) is 9.04. The smallest absolute Gasteiger partial charge is 0.152 e. The molecule has 1 aromatic carbocycles. The van der Waals surface area contributed by atoms with Crippen molar-refractivity contribution < 1.29 is 4.39 Å². The Morgan fingerprint density at radius 1 is 1.40 bits per heavy atom. The molecule has 2 rings (SSSR count). The Kier molecular flexibility index (Phi) is 4.32. The summed E-state index contributed by atoms with van der Waals surface area (Å²) >= 11 is 3.18. The van der Waals surface area contributed by atoms with E-state index in [0.29, 0.717) is 21.7 Å². The van der Waals surface area contributed by atoms with E-state index in [1.54, 1.807) is 6.07 Å². The number of anilines is 3. The molecule has 0 aliphatic heterocycles. The van der Waals surface area contributed by atoms with Crippen LogP contribution in [-0.2, 0) is 6.54 Å². The molecule has 0 saturated carbocycles. The van der Waals surface area contributed by atoms with Gasteiger partial charge in [0, 0.05) is 12.2 Å². The van der Waals surface area contributed by atoms with Gasteiger partial charge in [-0.05, 0) is 53.9 Å². The second-order valence-corrected chi connectivity index (χ2v) is 5.63. The zero-order chi connectivity index (χ0) is 14.9. The fourth-order valence-electron chi connectivity index (χ4n) is 2.01. The fraction of sp³-hybridized carbons (Fsp3) is 0.357. The summed E-state index contributed by atoms with van der Waals surface area (Å²) in [6.45, 7) is 6.61. The van der Waals surface area contributed by atoms with Gasteiger partial charge in [-0.25, -0.2) is 9.07 Å². The third kappa shape index (κ3) is 2.80. The van der Waals surface area contributed by atoms with Crippen LogP contribution in [0.5, 0.6) is 0 Å². The molecule has 6 heteroatoms. The minimum atomic E-state index is -0.310. The maximum atomic E-state index is 13.7. The van der Waals surface area contributed by atoms with E-state index in [2.05, 4.69) is 33.3 Å². The SMILES string of the molecule is CCCn1nc(C)c(N)c1Nc1cc(F)c(Br)cc1C. The maximum absolute atomic E-state index is 13.7. The van der Waals surface area contributed by atoms with E-state index >= 15 is 0 Å². The highest BCUT2D eigenvalue weighted by Gasteiger charge is 2.14. The zero-order valence-electron chi connectivity index (χ0n) is 11.8. The van der Waals surface area contributed by atoms with Crippen LogP contribution in [-0.4, -0.2) is 9.78 Å². The van der Waals surface area contributed by atoms with Crippen molar-refractivity contribution in [3.63, 3.8) is 0 Å². The first-order valence-corrected chi connectivity index (χ1v) is 7.28. The Morgan fingerprint density at radius 2 is 2.10 bits per heavy atom. The van der Waals surface area contributed by atoms with E-state index in [0.717, 1.165) is 24.2 Å². The van der Waals surface area contributed by atoms with Gasteiger partial charge in [-0.1, -0.05) is 6.92 Å². The number of halogens is 2. The van der Waals surface area contributed by atoms with Gasteiger partial charge in [-0.3, -0.25) is 0 Å². The summed E-state index contributed by atoms with van der Waals surface area (Å²) in [6.07, 6.45) is 0.947. The van der Waals surface area contributed by atoms with Crippen LogP contribution in [0.1, 0.15) is 24.6 Å². The molecule has 0 amide bonds. The van der Waals surface area contributed by atoms with Gasteiger partial charge in [0.15, 0.2) is 5.82 Å². The van der Waals surface area contributed by atoms with E-state index in [1.165, 1.54) is 6.07 Å². The van der Waals surface area contributed by atoms with Gasteiger partial charge in [0.2, 0.25) is 0 Å². The highest BCUT2D eigenvalue weighted by atomic mass is 79.9. The largest absolute Gasteiger partial charge is 0.394 e. The number of benzene rings is 1. The first-order valence-electron chi connectivity index (χ1n) is 6.49. The number of nitrogens with one attached hydrogen (secondary N) is 1. The van der Waals surface area contributed by atoms with Gasteiger partial charge in [0.05, 0.1) is 15.9 Å². The Balaban J connectivity index is 2.42. The van der Waals surface area contributed by atoms with Crippen molar-refractivity contribution in [2.45, 2.75) is 33.7 Å². The summed E-state index contributed by atoms with van der Waals surface area (Å²) in [5, 5.41) is 7.59. The molecule has 0 spiro atoms. The lowest BCUT2D eigenvalue weighted by atomic mass is 10.2. The second-order valence-electron chi connectivity index (χ2n) is 4.78. The number of aryl methyl sites for hydroxylation is 3. The second kappa shape index (κ2) is 5.83. The molecule has 0 bridgehead atoms. The maximum Gasteiger partial charge on any atom is 0.152 e. The van der Waals surface area contributed by atoms with Crippen molar-refractivity contribution in [1.82, 2.24) is 9.78 Å². The van der Waals surface area contributed by atoms with Crippen LogP contribution >= 0.6 is 15.9 Å². The van der Waals surface area contributed by atoms with Crippen LogP contribution in [0, 0.1) is 19.7 Å². The van der Waals surface area contributed by atoms with Crippen molar-refractivity contribution in [3.05, 3.63) is 33.7 Å². The summed E-state index contributed by atoms with van der Waals surface area (Å²) < 4.78 is 15.9. The van der Waals surface area contributed by atoms with Crippen molar-refractivity contribution in [3.8, 4) is 0 Å². The lowest BCUT2D eigenvalue weighted by molar-refractivity contribution is 0.605. The average molecular weight is 341 g/mol. The minimum absolute atomic E-state index is 0.310. The van der Waals surface area contributed by atoms with Gasteiger partial charge >= 0.3 is 0 Å². The Hall–Kier alpha value is -1.56. The van der Waals surface area contributed by atoms with Crippen LogP contribution in [0.3, 0.4) is 0 Å². The topological polar surface area (TPSA) is 55.9 Å². The van der Waals surface area contributed by atoms with E-state index in [-0.39, 0.29) is 5.82 Å². The Labute approximate surface area is 126 Å². The van der Waals surface area contributed by atoms with Crippen LogP contribution < -0.4 is 11.1 Å². The molecule has 0 fully saturated rings. The fourth-order valence-corrected chi connectivity index (χ4v) is 2.47. The number of hydrogen-bond donors (Lipinski definition) is 2. The van der Waals surface area contributed by atoms with Gasteiger partial charge in [0.25, 0.3) is 0 Å². The molecule has 20 heavy (non-hydrogen) atoms. The van der Waals surface area contributed by atoms with E-state index in [9.17, 15) is 4.39 Å². The molecule has 108 valence electrons. The minimum Gasteiger partial charge on any atom is -0.394 e. The predicted octanol–water partition coefficient (Wildman–Crippen LogP) is 4.14. The van der Waals surface area contributed by atoms with Gasteiger partial charge in [0.1, 0.15) is 5.82 Å². The first-order chi connectivity index (χ1) is 9.43. The Bertz CT molecular complexity index is 637. The standard InChI is InChI=1S/C14H18BrFN4/c1-4-5-20-14(13(17)9(3)19-20)18-12-7-11(16)10(15)6-8(12)2/h6-7,18H,4-5,17H2,1-3H3. The molecule has 0 radical (unpaired) electrons. The molecule has 2 aromatic rings. The zero-order valence-corrected chi connectivity index (χ0v) is 13.4. The third-order valence-electron chi connectivity index (χ3n) is 3.13. The molecule has 4 nitrogen and oxygen atoms in total. The van der Waals surface area contributed by atoms with Gasteiger partial charge < -0.3 is 11.1 Å². The summed E-state index contributed by atoms with van der Waals surface area (Å²) in [6, 6.07) is 3.19.